The van der Waals surface area contributed by atoms with Crippen molar-refractivity contribution in [2.24, 2.45) is 0 Å². The number of aromatic nitrogens is 1. The number of carbonyl (C=O) groups excluding carboxylic acids is 2. The maximum Gasteiger partial charge on any atom is 0.339 e. The molecule has 0 spiro atoms. The lowest BCUT2D eigenvalue weighted by molar-refractivity contribution is 0.0472. The minimum atomic E-state index is -0.503. The van der Waals surface area contributed by atoms with Crippen molar-refractivity contribution >= 4 is 34.9 Å². The topological polar surface area (TPSA) is 69.4 Å². The molecule has 0 saturated heterocycles. The molecule has 0 bridgehead atoms. The van der Waals surface area contributed by atoms with Crippen molar-refractivity contribution in [2.45, 2.75) is 24.5 Å². The number of aryl methyl sites for hydroxylation is 2. The lowest BCUT2D eigenvalue weighted by Gasteiger charge is -2.09. The molecular weight excluding hydrogens is 370 g/mol. The summed E-state index contributed by atoms with van der Waals surface area (Å²) >= 11 is 2.84. The molecule has 134 valence electrons. The van der Waals surface area contributed by atoms with Gasteiger partial charge >= 0.3 is 5.97 Å². The van der Waals surface area contributed by atoms with Gasteiger partial charge in [0, 0.05) is 16.2 Å². The van der Waals surface area contributed by atoms with Gasteiger partial charge in [0.15, 0.2) is 6.61 Å². The fourth-order valence-corrected chi connectivity index (χ4v) is 4.18. The molecule has 0 amide bonds. The van der Waals surface area contributed by atoms with E-state index in [4.69, 9.17) is 9.26 Å². The van der Waals surface area contributed by atoms with Gasteiger partial charge < -0.3 is 9.26 Å². The average molecular weight is 387 g/mol. The summed E-state index contributed by atoms with van der Waals surface area (Å²) in [5.41, 5.74) is 2.31. The first-order chi connectivity index (χ1) is 12.6. The Morgan fingerprint density at radius 2 is 2.00 bits per heavy atom. The lowest BCUT2D eigenvalue weighted by atomic mass is 10.2. The zero-order valence-corrected chi connectivity index (χ0v) is 16.0. The second-order valence-electron chi connectivity index (χ2n) is 5.56. The van der Waals surface area contributed by atoms with Gasteiger partial charge in [-0.2, -0.15) is 0 Å². The van der Waals surface area contributed by atoms with Crippen LogP contribution in [0.5, 0.6) is 0 Å². The summed E-state index contributed by atoms with van der Waals surface area (Å²) in [5, 5.41) is 5.76. The predicted molar refractivity (Wildman–Crippen MR) is 101 cm³/mol. The number of benzene rings is 1. The Labute approximate surface area is 159 Å². The number of rotatable bonds is 7. The molecule has 2 heterocycles. The molecule has 1 aromatic carbocycles. The van der Waals surface area contributed by atoms with Crippen LogP contribution in [0.1, 0.15) is 37.0 Å². The number of thioether (sulfide) groups is 1. The number of esters is 1. The quantitative estimate of drug-likeness (QED) is 0.333. The highest BCUT2D eigenvalue weighted by Gasteiger charge is 2.17. The smallest absolute Gasteiger partial charge is 0.339 e. The van der Waals surface area contributed by atoms with Crippen molar-refractivity contribution in [3.8, 4) is 0 Å². The predicted octanol–water partition coefficient (Wildman–Crippen LogP) is 4.68. The van der Waals surface area contributed by atoms with Crippen LogP contribution in [0.4, 0.5) is 0 Å². The summed E-state index contributed by atoms with van der Waals surface area (Å²) in [6, 6.07) is 10.7. The van der Waals surface area contributed by atoms with Gasteiger partial charge in [0.2, 0.25) is 5.78 Å². The van der Waals surface area contributed by atoms with Crippen LogP contribution in [0.15, 0.2) is 51.2 Å². The molecule has 5 nitrogen and oxygen atoms in total. The number of ether oxygens (including phenoxy) is 1. The average Bonchev–Trinajstić information content (AvgIpc) is 3.29. The first-order valence-electron chi connectivity index (χ1n) is 7.93. The van der Waals surface area contributed by atoms with Gasteiger partial charge in [-0.1, -0.05) is 23.4 Å². The Kier molecular flexibility index (Phi) is 5.90. The van der Waals surface area contributed by atoms with Crippen LogP contribution in [-0.2, 0) is 10.5 Å². The molecule has 0 aliphatic carbocycles. The molecule has 7 heteroatoms. The fourth-order valence-electron chi connectivity index (χ4n) is 2.34. The summed E-state index contributed by atoms with van der Waals surface area (Å²) in [7, 11) is 0. The van der Waals surface area contributed by atoms with Crippen molar-refractivity contribution in [2.75, 3.05) is 6.61 Å². The highest BCUT2D eigenvalue weighted by Crippen LogP contribution is 2.29. The van der Waals surface area contributed by atoms with Gasteiger partial charge in [0.05, 0.1) is 16.1 Å². The zero-order valence-electron chi connectivity index (χ0n) is 14.4. The number of thiophene rings is 1. The second-order valence-corrected chi connectivity index (χ2v) is 7.53. The van der Waals surface area contributed by atoms with Crippen molar-refractivity contribution in [1.29, 1.82) is 0 Å². The maximum atomic E-state index is 12.4. The largest absolute Gasteiger partial charge is 0.454 e. The minimum Gasteiger partial charge on any atom is -0.454 e. The SMILES string of the molecule is Cc1noc(C)c1CSc1ccccc1C(=O)OCC(=O)c1cccs1. The Hall–Kier alpha value is -2.38. The third-order valence-electron chi connectivity index (χ3n) is 3.79. The Morgan fingerprint density at radius 3 is 2.69 bits per heavy atom. The van der Waals surface area contributed by atoms with Crippen molar-refractivity contribution < 1.29 is 18.8 Å². The van der Waals surface area contributed by atoms with E-state index < -0.39 is 5.97 Å². The summed E-state index contributed by atoms with van der Waals surface area (Å²) in [6.45, 7) is 3.50. The first kappa shape index (κ1) is 18.4. The van der Waals surface area contributed by atoms with Crippen molar-refractivity contribution in [3.63, 3.8) is 0 Å². The lowest BCUT2D eigenvalue weighted by Crippen LogP contribution is -2.14. The van der Waals surface area contributed by atoms with Crippen LogP contribution < -0.4 is 0 Å². The van der Waals surface area contributed by atoms with Gasteiger partial charge in [-0.15, -0.1) is 23.1 Å². The van der Waals surface area contributed by atoms with E-state index >= 15 is 0 Å². The molecule has 0 saturated carbocycles. The van der Waals surface area contributed by atoms with Crippen molar-refractivity contribution in [3.05, 3.63) is 69.2 Å². The molecule has 3 rings (SSSR count). The number of ketones is 1. The van der Waals surface area contributed by atoms with E-state index in [9.17, 15) is 9.59 Å². The Balaban J connectivity index is 1.66. The number of nitrogens with zero attached hydrogens (tertiary/aromatic N) is 1. The van der Waals surface area contributed by atoms with Gasteiger partial charge in [-0.3, -0.25) is 4.79 Å². The summed E-state index contributed by atoms with van der Waals surface area (Å²) in [6.07, 6.45) is 0. The summed E-state index contributed by atoms with van der Waals surface area (Å²) in [4.78, 5) is 25.8. The van der Waals surface area contributed by atoms with Gasteiger partial charge in [0.25, 0.3) is 0 Å². The van der Waals surface area contributed by atoms with Gasteiger partial charge in [0.1, 0.15) is 5.76 Å². The molecule has 0 radical (unpaired) electrons. The number of Topliss-reactive ketones (excluding diaryl/α,β-unsaturated/α-hetero) is 1. The Morgan fingerprint density at radius 1 is 1.19 bits per heavy atom. The molecule has 26 heavy (non-hydrogen) atoms. The Bertz CT molecular complexity index is 896. The van der Waals surface area contributed by atoms with E-state index in [1.54, 1.807) is 24.3 Å². The highest BCUT2D eigenvalue weighted by atomic mass is 32.2. The van der Waals surface area contributed by atoms with Crippen LogP contribution in [0.3, 0.4) is 0 Å². The van der Waals surface area contributed by atoms with Crippen LogP contribution in [0.2, 0.25) is 0 Å². The summed E-state index contributed by atoms with van der Waals surface area (Å²) in [5.74, 6) is 0.710. The standard InChI is InChI=1S/C19H17NO4S2/c1-12-15(13(2)24-20-12)11-26-17-7-4-3-6-14(17)19(22)23-10-16(21)18-8-5-9-25-18/h3-9H,10-11H2,1-2H3. The van der Waals surface area contributed by atoms with Gasteiger partial charge in [-0.25, -0.2) is 4.79 Å². The van der Waals surface area contributed by atoms with E-state index in [0.717, 1.165) is 21.9 Å². The molecular formula is C19H17NO4S2. The van der Waals surface area contributed by atoms with Crippen LogP contribution in [0, 0.1) is 13.8 Å². The van der Waals surface area contributed by atoms with E-state index in [1.165, 1.54) is 23.1 Å². The van der Waals surface area contributed by atoms with E-state index in [2.05, 4.69) is 5.16 Å². The van der Waals surface area contributed by atoms with Gasteiger partial charge in [-0.05, 0) is 37.4 Å². The van der Waals surface area contributed by atoms with E-state index in [0.29, 0.717) is 16.2 Å². The molecule has 0 unspecified atom stereocenters. The molecule has 0 fully saturated rings. The number of hydrogen-bond acceptors (Lipinski definition) is 7. The molecule has 0 aliphatic rings. The second kappa shape index (κ2) is 8.33. The highest BCUT2D eigenvalue weighted by molar-refractivity contribution is 7.98. The maximum absolute atomic E-state index is 12.4. The number of carbonyl (C=O) groups is 2. The van der Waals surface area contributed by atoms with Crippen LogP contribution in [-0.4, -0.2) is 23.5 Å². The number of hydrogen-bond donors (Lipinski definition) is 0. The van der Waals surface area contributed by atoms with E-state index in [1.807, 2.05) is 31.4 Å². The summed E-state index contributed by atoms with van der Waals surface area (Å²) < 4.78 is 10.4. The monoisotopic (exact) mass is 387 g/mol. The van der Waals surface area contributed by atoms with Crippen molar-refractivity contribution in [1.82, 2.24) is 5.16 Å². The molecule has 0 N–H and O–H groups in total. The molecule has 2 aromatic heterocycles. The van der Waals surface area contributed by atoms with Crippen LogP contribution in [0.25, 0.3) is 0 Å². The third-order valence-corrected chi connectivity index (χ3v) is 5.80. The minimum absolute atomic E-state index is 0.200. The van der Waals surface area contributed by atoms with Crippen LogP contribution >= 0.6 is 23.1 Å². The van der Waals surface area contributed by atoms with E-state index in [-0.39, 0.29) is 12.4 Å². The molecule has 0 aliphatic heterocycles. The zero-order chi connectivity index (χ0) is 18.5. The molecule has 0 atom stereocenters. The third kappa shape index (κ3) is 4.23. The molecule has 3 aromatic rings. The fraction of sp³-hybridized carbons (Fsp3) is 0.211. The first-order valence-corrected chi connectivity index (χ1v) is 9.80. The normalized spacial score (nSPS) is 10.7.